The molecular formula is C17H30. The first-order valence-corrected chi connectivity index (χ1v) is 6.88. The molecule has 1 aromatic carbocycles. The molecule has 0 amide bonds. The normalized spacial score (nSPS) is 23.0. The molecule has 0 bridgehead atoms. The lowest BCUT2D eigenvalue weighted by atomic mass is 9.80. The lowest BCUT2D eigenvalue weighted by molar-refractivity contribution is 0.289. The molecule has 0 aromatic heterocycles. The van der Waals surface area contributed by atoms with Crippen LogP contribution in [-0.2, 0) is 6.42 Å². The SMILES string of the molecule is C.CC.CC1CCC(Cc2ccccc2)CC1. The van der Waals surface area contributed by atoms with Gasteiger partial charge in [0.05, 0.1) is 0 Å². The minimum Gasteiger partial charge on any atom is -0.0776 e. The zero-order valence-electron chi connectivity index (χ0n) is 11.1. The van der Waals surface area contributed by atoms with Crippen LogP contribution in [0.2, 0.25) is 0 Å². The van der Waals surface area contributed by atoms with Gasteiger partial charge in [0.1, 0.15) is 0 Å². The van der Waals surface area contributed by atoms with Crippen LogP contribution >= 0.6 is 0 Å². The molecule has 98 valence electrons. The van der Waals surface area contributed by atoms with Gasteiger partial charge in [-0.25, -0.2) is 0 Å². The lowest BCUT2D eigenvalue weighted by Crippen LogP contribution is -2.14. The highest BCUT2D eigenvalue weighted by molar-refractivity contribution is 5.15. The Morgan fingerprint density at radius 2 is 1.47 bits per heavy atom. The van der Waals surface area contributed by atoms with Crippen LogP contribution in [0, 0.1) is 11.8 Å². The molecule has 0 spiro atoms. The topological polar surface area (TPSA) is 0 Å². The van der Waals surface area contributed by atoms with Crippen molar-refractivity contribution in [2.45, 2.75) is 60.3 Å². The van der Waals surface area contributed by atoms with Gasteiger partial charge in [-0.1, -0.05) is 71.4 Å². The third kappa shape index (κ3) is 5.91. The van der Waals surface area contributed by atoms with Crippen molar-refractivity contribution in [1.29, 1.82) is 0 Å². The number of rotatable bonds is 2. The zero-order valence-corrected chi connectivity index (χ0v) is 11.1. The predicted molar refractivity (Wildman–Crippen MR) is 79.3 cm³/mol. The summed E-state index contributed by atoms with van der Waals surface area (Å²) in [6.45, 7) is 6.39. The number of benzene rings is 1. The van der Waals surface area contributed by atoms with Gasteiger partial charge >= 0.3 is 0 Å². The Labute approximate surface area is 108 Å². The summed E-state index contributed by atoms with van der Waals surface area (Å²) in [6.07, 6.45) is 7.06. The van der Waals surface area contributed by atoms with E-state index < -0.39 is 0 Å². The average molecular weight is 234 g/mol. The molecule has 2 rings (SSSR count). The highest BCUT2D eigenvalue weighted by atomic mass is 14.2. The Morgan fingerprint density at radius 1 is 0.941 bits per heavy atom. The molecule has 1 aromatic rings. The Morgan fingerprint density at radius 3 is 2.00 bits per heavy atom. The van der Waals surface area contributed by atoms with Crippen LogP contribution in [0.15, 0.2) is 30.3 Å². The largest absolute Gasteiger partial charge is 0.0776 e. The molecule has 17 heavy (non-hydrogen) atoms. The van der Waals surface area contributed by atoms with Gasteiger partial charge in [-0.3, -0.25) is 0 Å². The molecule has 0 atom stereocenters. The van der Waals surface area contributed by atoms with E-state index >= 15 is 0 Å². The maximum atomic E-state index is 2.39. The quantitative estimate of drug-likeness (QED) is 0.614. The first-order valence-electron chi connectivity index (χ1n) is 6.88. The van der Waals surface area contributed by atoms with Gasteiger partial charge in [-0.15, -0.1) is 0 Å². The molecule has 0 radical (unpaired) electrons. The van der Waals surface area contributed by atoms with Gasteiger partial charge in [-0.05, 0) is 36.7 Å². The van der Waals surface area contributed by atoms with E-state index in [1.807, 2.05) is 13.8 Å². The van der Waals surface area contributed by atoms with Crippen LogP contribution in [-0.4, -0.2) is 0 Å². The van der Waals surface area contributed by atoms with Crippen molar-refractivity contribution in [2.24, 2.45) is 11.8 Å². The third-order valence-corrected chi connectivity index (χ3v) is 3.50. The van der Waals surface area contributed by atoms with E-state index in [4.69, 9.17) is 0 Å². The lowest BCUT2D eigenvalue weighted by Gasteiger charge is -2.26. The summed E-state index contributed by atoms with van der Waals surface area (Å²) in [7, 11) is 0. The second-order valence-corrected chi connectivity index (χ2v) is 4.82. The molecule has 0 heteroatoms. The number of hydrogen-bond donors (Lipinski definition) is 0. The Balaban J connectivity index is 0.000000811. The van der Waals surface area contributed by atoms with E-state index in [-0.39, 0.29) is 7.43 Å². The summed E-state index contributed by atoms with van der Waals surface area (Å²) in [6, 6.07) is 10.9. The fraction of sp³-hybridized carbons (Fsp3) is 0.647. The second-order valence-electron chi connectivity index (χ2n) is 4.82. The van der Waals surface area contributed by atoms with Gasteiger partial charge < -0.3 is 0 Å². The van der Waals surface area contributed by atoms with Crippen molar-refractivity contribution < 1.29 is 0 Å². The van der Waals surface area contributed by atoms with E-state index in [0.717, 1.165) is 11.8 Å². The highest BCUT2D eigenvalue weighted by Gasteiger charge is 2.17. The average Bonchev–Trinajstić information content (AvgIpc) is 2.36. The van der Waals surface area contributed by atoms with Crippen LogP contribution in [0.4, 0.5) is 0 Å². The molecule has 1 saturated carbocycles. The van der Waals surface area contributed by atoms with E-state index in [2.05, 4.69) is 37.3 Å². The minimum absolute atomic E-state index is 0. The smallest absolute Gasteiger partial charge is 0.0250 e. The predicted octanol–water partition coefficient (Wildman–Crippen LogP) is 5.72. The fourth-order valence-corrected chi connectivity index (χ4v) is 2.48. The fourth-order valence-electron chi connectivity index (χ4n) is 2.48. The van der Waals surface area contributed by atoms with Crippen molar-refractivity contribution in [3.63, 3.8) is 0 Å². The van der Waals surface area contributed by atoms with Crippen molar-refractivity contribution >= 4 is 0 Å². The standard InChI is InChI=1S/C14H20.C2H6.CH4/c1-12-7-9-14(10-8-12)11-13-5-3-2-4-6-13;1-2;/h2-6,12,14H,7-11H2,1H3;1-2H3;1H4. The monoisotopic (exact) mass is 234 g/mol. The van der Waals surface area contributed by atoms with Crippen molar-refractivity contribution in [3.8, 4) is 0 Å². The Bertz CT molecular complexity index is 255. The molecular weight excluding hydrogens is 204 g/mol. The van der Waals surface area contributed by atoms with Crippen molar-refractivity contribution in [1.82, 2.24) is 0 Å². The van der Waals surface area contributed by atoms with Crippen LogP contribution < -0.4 is 0 Å². The molecule has 1 fully saturated rings. The van der Waals surface area contributed by atoms with E-state index in [1.165, 1.54) is 37.7 Å². The maximum absolute atomic E-state index is 2.39. The summed E-state index contributed by atoms with van der Waals surface area (Å²) in [5.41, 5.74) is 1.52. The minimum atomic E-state index is 0. The van der Waals surface area contributed by atoms with Gasteiger partial charge in [-0.2, -0.15) is 0 Å². The first kappa shape index (κ1) is 16.2. The van der Waals surface area contributed by atoms with E-state index in [1.54, 1.807) is 0 Å². The van der Waals surface area contributed by atoms with Crippen LogP contribution in [0.25, 0.3) is 0 Å². The molecule has 1 aliphatic carbocycles. The van der Waals surface area contributed by atoms with Gasteiger partial charge in [0.2, 0.25) is 0 Å². The van der Waals surface area contributed by atoms with Crippen LogP contribution in [0.3, 0.4) is 0 Å². The zero-order chi connectivity index (χ0) is 11.8. The third-order valence-electron chi connectivity index (χ3n) is 3.50. The number of hydrogen-bond acceptors (Lipinski definition) is 0. The molecule has 0 N–H and O–H groups in total. The summed E-state index contributed by atoms with van der Waals surface area (Å²) >= 11 is 0. The second kappa shape index (κ2) is 9.27. The highest BCUT2D eigenvalue weighted by Crippen LogP contribution is 2.30. The molecule has 0 unspecified atom stereocenters. The molecule has 0 nitrogen and oxygen atoms in total. The van der Waals surface area contributed by atoms with Crippen molar-refractivity contribution in [3.05, 3.63) is 35.9 Å². The van der Waals surface area contributed by atoms with Gasteiger partial charge in [0.25, 0.3) is 0 Å². The maximum Gasteiger partial charge on any atom is -0.0250 e. The molecule has 1 aliphatic rings. The molecule has 0 saturated heterocycles. The molecule has 0 aliphatic heterocycles. The summed E-state index contributed by atoms with van der Waals surface area (Å²) in [4.78, 5) is 0. The van der Waals surface area contributed by atoms with Crippen LogP contribution in [0.1, 0.15) is 59.4 Å². The summed E-state index contributed by atoms with van der Waals surface area (Å²) in [5, 5.41) is 0. The summed E-state index contributed by atoms with van der Waals surface area (Å²) < 4.78 is 0. The first-order chi connectivity index (χ1) is 7.84. The van der Waals surface area contributed by atoms with E-state index in [9.17, 15) is 0 Å². The Kier molecular flexibility index (Phi) is 8.85. The van der Waals surface area contributed by atoms with Crippen molar-refractivity contribution in [2.75, 3.05) is 0 Å². The Hall–Kier alpha value is -0.780. The van der Waals surface area contributed by atoms with Crippen LogP contribution in [0.5, 0.6) is 0 Å². The molecule has 0 heterocycles. The van der Waals surface area contributed by atoms with Gasteiger partial charge in [0.15, 0.2) is 0 Å². The van der Waals surface area contributed by atoms with Gasteiger partial charge in [0, 0.05) is 0 Å². The van der Waals surface area contributed by atoms with E-state index in [0.29, 0.717) is 0 Å². The summed E-state index contributed by atoms with van der Waals surface area (Å²) in [5.74, 6) is 1.93.